The van der Waals surface area contributed by atoms with Crippen LogP contribution in [0.4, 0.5) is 11.6 Å². The third-order valence-corrected chi connectivity index (χ3v) is 3.36. The molecule has 2 aromatic carbocycles. The van der Waals surface area contributed by atoms with Gasteiger partial charge in [-0.2, -0.15) is 10.2 Å². The molecule has 0 aliphatic heterocycles. The van der Waals surface area contributed by atoms with Gasteiger partial charge in [-0.25, -0.2) is 0 Å². The molecule has 2 heterocycles. The van der Waals surface area contributed by atoms with E-state index < -0.39 is 11.9 Å². The second-order valence-corrected chi connectivity index (χ2v) is 6.13. The van der Waals surface area contributed by atoms with Gasteiger partial charge < -0.3 is 41.5 Å². The zero-order valence-electron chi connectivity index (χ0n) is 21.2. The first-order valence-electron chi connectivity index (χ1n) is 10.2. The molecule has 0 saturated carbocycles. The van der Waals surface area contributed by atoms with Gasteiger partial charge in [0.2, 0.25) is 0 Å². The van der Waals surface area contributed by atoms with Gasteiger partial charge in [0.25, 0.3) is 0 Å². The number of aliphatic hydroxyl groups is 2. The van der Waals surface area contributed by atoms with E-state index in [1.807, 2.05) is 72.8 Å². The smallest absolute Gasteiger partial charge is 0.550 e. The summed E-state index contributed by atoms with van der Waals surface area (Å²) in [6.45, 7) is 1.94. The van der Waals surface area contributed by atoms with Crippen molar-refractivity contribution in [2.24, 2.45) is 0 Å². The normalized spacial score (nSPS) is 8.16. The number of aromatic nitrogens is 4. The van der Waals surface area contributed by atoms with Gasteiger partial charge >= 0.3 is 19.5 Å². The molecule has 196 valence electrons. The largest absolute Gasteiger partial charge is 2.00 e. The molecule has 0 fully saturated rings. The van der Waals surface area contributed by atoms with Gasteiger partial charge in [0, 0.05) is 38.3 Å². The Labute approximate surface area is 228 Å². The Bertz CT molecular complexity index is 996. The molecule has 4 rings (SSSR count). The number of aliphatic carboxylic acids is 2. The molecule has 0 amide bonds. The first kappa shape index (κ1) is 37.5. The minimum absolute atomic E-state index is 0. The number of benzene rings is 2. The molecule has 12 nitrogen and oxygen atoms in total. The molecule has 0 bridgehead atoms. The quantitative estimate of drug-likeness (QED) is 0.179. The summed E-state index contributed by atoms with van der Waals surface area (Å²) in [5.74, 6) is -1.12. The van der Waals surface area contributed by atoms with Crippen LogP contribution < -0.4 is 21.7 Å². The summed E-state index contributed by atoms with van der Waals surface area (Å²) in [7, 11) is 2.00. The number of carboxylic acid groups (broad SMARTS) is 2. The molecule has 0 atom stereocenters. The summed E-state index contributed by atoms with van der Waals surface area (Å²) >= 11 is 0. The fraction of sp³-hybridized carbons (Fsp3) is 0.167. The number of nitrogen functional groups attached to an aromatic ring is 2. The summed E-state index contributed by atoms with van der Waals surface area (Å²) in [6.07, 6.45) is 0. The number of nitrogens with zero attached hydrogens (tertiary/aromatic N) is 2. The monoisotopic (exact) mass is 564 g/mol. The zero-order chi connectivity index (χ0) is 27.9. The van der Waals surface area contributed by atoms with E-state index in [0.717, 1.165) is 50.6 Å². The van der Waals surface area contributed by atoms with E-state index in [-0.39, 0.29) is 19.5 Å². The van der Waals surface area contributed by atoms with E-state index in [9.17, 15) is 0 Å². The van der Waals surface area contributed by atoms with Gasteiger partial charge in [-0.1, -0.05) is 60.7 Å². The van der Waals surface area contributed by atoms with Gasteiger partial charge in [0.1, 0.15) is 11.6 Å². The van der Waals surface area contributed by atoms with Gasteiger partial charge in [-0.3, -0.25) is 10.2 Å². The van der Waals surface area contributed by atoms with Crippen molar-refractivity contribution in [1.29, 1.82) is 0 Å². The minimum atomic E-state index is -1.08. The van der Waals surface area contributed by atoms with Crippen molar-refractivity contribution in [2.45, 2.75) is 13.8 Å². The van der Waals surface area contributed by atoms with E-state index >= 15 is 0 Å². The van der Waals surface area contributed by atoms with Crippen LogP contribution in [0.2, 0.25) is 0 Å². The van der Waals surface area contributed by atoms with Crippen LogP contribution in [0, 0.1) is 0 Å². The van der Waals surface area contributed by atoms with Gasteiger partial charge in [0.05, 0.1) is 11.4 Å². The number of hydrogen-bond acceptors (Lipinski definition) is 10. The van der Waals surface area contributed by atoms with Crippen LogP contribution in [-0.2, 0) is 29.1 Å². The van der Waals surface area contributed by atoms with E-state index in [0.29, 0.717) is 11.6 Å². The predicted molar refractivity (Wildman–Crippen MR) is 135 cm³/mol. The van der Waals surface area contributed by atoms with Crippen molar-refractivity contribution in [3.8, 4) is 22.5 Å². The molecule has 8 N–H and O–H groups in total. The van der Waals surface area contributed by atoms with Crippen LogP contribution in [-0.4, -0.2) is 56.8 Å². The maximum Gasteiger partial charge on any atom is 2.00 e. The minimum Gasteiger partial charge on any atom is -0.550 e. The molecular weight excluding hydrogens is 534 g/mol. The SMILES string of the molecule is CC(=O)[O-].CC(=O)[O-].CO.CO.Nc1cc(-c2ccccc2)[nH]n1.Nc1cc(-c2ccccc2)[nH]n1.[Zn+2]. The van der Waals surface area contributed by atoms with E-state index in [2.05, 4.69) is 20.4 Å². The van der Waals surface area contributed by atoms with Crippen LogP contribution >= 0.6 is 0 Å². The average molecular weight is 566 g/mol. The fourth-order valence-corrected chi connectivity index (χ4v) is 2.21. The van der Waals surface area contributed by atoms with Crippen molar-refractivity contribution in [3.05, 3.63) is 72.8 Å². The number of aromatic amines is 2. The maximum atomic E-state index is 8.89. The van der Waals surface area contributed by atoms with Crippen molar-refractivity contribution >= 4 is 23.6 Å². The van der Waals surface area contributed by atoms with Crippen molar-refractivity contribution < 1.29 is 49.5 Å². The molecule has 37 heavy (non-hydrogen) atoms. The first-order chi connectivity index (χ1) is 17.2. The number of carboxylic acids is 2. The molecule has 13 heteroatoms. The topological polar surface area (TPSA) is 230 Å². The van der Waals surface area contributed by atoms with Crippen LogP contribution in [0.3, 0.4) is 0 Å². The number of nitrogens with two attached hydrogens (primary N) is 2. The average Bonchev–Trinajstić information content (AvgIpc) is 3.51. The standard InChI is InChI=1S/2C9H9N3.2C2H4O2.2CH4O.Zn/c2*10-9-6-8(11-12-9)7-4-2-1-3-5-7;2*1-2(3)4;2*1-2;/h2*1-6H,(H3,10,11,12);2*1H3,(H,3,4);2*2H,1H3;/q;;;;;;+2/p-2. The summed E-state index contributed by atoms with van der Waals surface area (Å²) in [5, 5.41) is 45.2. The Balaban J connectivity index is -0.000000435. The van der Waals surface area contributed by atoms with E-state index in [1.165, 1.54) is 0 Å². The number of carbonyl (C=O) groups is 2. The number of carbonyl (C=O) groups excluding carboxylic acids is 2. The third kappa shape index (κ3) is 19.9. The van der Waals surface area contributed by atoms with Crippen LogP contribution in [0.25, 0.3) is 22.5 Å². The third-order valence-electron chi connectivity index (χ3n) is 3.36. The van der Waals surface area contributed by atoms with E-state index in [1.54, 1.807) is 0 Å². The second kappa shape index (κ2) is 23.7. The first-order valence-corrected chi connectivity index (χ1v) is 10.2. The number of H-pyrrole nitrogens is 2. The molecule has 0 radical (unpaired) electrons. The molecule has 0 saturated heterocycles. The molecular formula is C24H32N6O6Zn. The summed E-state index contributed by atoms with van der Waals surface area (Å²) in [5.41, 5.74) is 15.0. The molecule has 2 aromatic heterocycles. The number of aliphatic hydroxyl groups excluding tert-OH is 2. The van der Waals surface area contributed by atoms with Gasteiger partial charge in [-0.05, 0) is 25.0 Å². The predicted octanol–water partition coefficient (Wildman–Crippen LogP) is 0.0447. The summed E-state index contributed by atoms with van der Waals surface area (Å²) in [6, 6.07) is 23.5. The van der Waals surface area contributed by atoms with Crippen LogP contribution in [0.1, 0.15) is 13.8 Å². The Morgan fingerprint density at radius 2 is 0.919 bits per heavy atom. The van der Waals surface area contributed by atoms with Crippen LogP contribution in [0.15, 0.2) is 72.8 Å². The fourth-order valence-electron chi connectivity index (χ4n) is 2.21. The number of nitrogens with one attached hydrogen (secondary N) is 2. The Morgan fingerprint density at radius 3 is 1.11 bits per heavy atom. The van der Waals surface area contributed by atoms with Gasteiger partial charge in [-0.15, -0.1) is 0 Å². The molecule has 4 aromatic rings. The second-order valence-electron chi connectivity index (χ2n) is 6.13. The van der Waals surface area contributed by atoms with E-state index in [4.69, 9.17) is 41.5 Å². The number of rotatable bonds is 2. The Hall–Kier alpha value is -4.06. The molecule has 0 aliphatic rings. The maximum absolute atomic E-state index is 8.89. The molecule has 0 unspecified atom stereocenters. The van der Waals surface area contributed by atoms with Crippen molar-refractivity contribution in [3.63, 3.8) is 0 Å². The number of hydrogen-bond donors (Lipinski definition) is 6. The zero-order valence-corrected chi connectivity index (χ0v) is 24.2. The van der Waals surface area contributed by atoms with Crippen molar-refractivity contribution in [2.75, 3.05) is 25.7 Å². The van der Waals surface area contributed by atoms with Gasteiger partial charge in [0.15, 0.2) is 0 Å². The van der Waals surface area contributed by atoms with Crippen LogP contribution in [0.5, 0.6) is 0 Å². The summed E-state index contributed by atoms with van der Waals surface area (Å²) in [4.78, 5) is 17.8. The summed E-state index contributed by atoms with van der Waals surface area (Å²) < 4.78 is 0. The Morgan fingerprint density at radius 1 is 0.676 bits per heavy atom. The molecule has 0 aliphatic carbocycles. The molecule has 0 spiro atoms. The number of anilines is 2. The Kier molecular flexibility index (Phi) is 24.0. The van der Waals surface area contributed by atoms with Crippen molar-refractivity contribution in [1.82, 2.24) is 20.4 Å².